The monoisotopic (exact) mass is 430 g/mol. The van der Waals surface area contributed by atoms with E-state index in [9.17, 15) is 4.79 Å². The van der Waals surface area contributed by atoms with E-state index in [1.807, 2.05) is 23.1 Å². The number of morpholine rings is 1. The van der Waals surface area contributed by atoms with Gasteiger partial charge in [-0.3, -0.25) is 9.48 Å². The molecular formula is C23H31ClN4O2. The number of rotatable bonds is 6. The fraction of sp³-hybridized carbons (Fsp3) is 0.565. The van der Waals surface area contributed by atoms with Crippen molar-refractivity contribution in [2.24, 2.45) is 5.92 Å². The first-order valence-corrected chi connectivity index (χ1v) is 11.3. The van der Waals surface area contributed by atoms with Gasteiger partial charge >= 0.3 is 0 Å². The minimum atomic E-state index is 0.0452. The summed E-state index contributed by atoms with van der Waals surface area (Å²) < 4.78 is 7.50. The summed E-state index contributed by atoms with van der Waals surface area (Å²) in [6.45, 7) is 8.43. The molecule has 1 unspecified atom stereocenters. The van der Waals surface area contributed by atoms with Gasteiger partial charge in [0, 0.05) is 48.5 Å². The number of halogens is 1. The van der Waals surface area contributed by atoms with Crippen LogP contribution in [-0.4, -0.2) is 52.9 Å². The minimum absolute atomic E-state index is 0.0452. The lowest BCUT2D eigenvalue weighted by atomic mass is 9.90. The van der Waals surface area contributed by atoms with Crippen LogP contribution in [0, 0.1) is 5.92 Å². The van der Waals surface area contributed by atoms with E-state index >= 15 is 0 Å². The molecule has 1 saturated heterocycles. The van der Waals surface area contributed by atoms with Crippen molar-refractivity contribution in [3.8, 4) is 0 Å². The van der Waals surface area contributed by atoms with Gasteiger partial charge in [-0.05, 0) is 36.8 Å². The number of ether oxygens (including phenoxy) is 1. The average Bonchev–Trinajstić information content (AvgIpc) is 3.10. The summed E-state index contributed by atoms with van der Waals surface area (Å²) in [4.78, 5) is 15.1. The largest absolute Gasteiger partial charge is 0.378 e. The lowest BCUT2D eigenvalue weighted by Gasteiger charge is -2.28. The molecule has 4 rings (SSSR count). The van der Waals surface area contributed by atoms with Gasteiger partial charge in [0.1, 0.15) is 0 Å². The van der Waals surface area contributed by atoms with E-state index in [0.29, 0.717) is 44.0 Å². The van der Waals surface area contributed by atoms with Crippen LogP contribution in [0.2, 0.25) is 5.02 Å². The third-order valence-electron chi connectivity index (χ3n) is 5.92. The highest BCUT2D eigenvalue weighted by atomic mass is 35.5. The van der Waals surface area contributed by atoms with Gasteiger partial charge in [0.25, 0.3) is 5.91 Å². The lowest BCUT2D eigenvalue weighted by Crippen LogP contribution is -2.41. The van der Waals surface area contributed by atoms with E-state index in [2.05, 4.69) is 29.9 Å². The number of hydrogen-bond acceptors (Lipinski definition) is 4. The predicted molar refractivity (Wildman–Crippen MR) is 118 cm³/mol. The van der Waals surface area contributed by atoms with Gasteiger partial charge in [0.2, 0.25) is 0 Å². The fourth-order valence-corrected chi connectivity index (χ4v) is 4.55. The van der Waals surface area contributed by atoms with Gasteiger partial charge in [0.15, 0.2) is 5.69 Å². The Hall–Kier alpha value is -1.89. The standard InChI is InChI=1S/C23H31ClN4O2/c1-16(2)15-28-21-8-7-18(25-14-17-5-3-4-6-20(17)24)13-19(21)22(26-28)23(29)27-9-11-30-12-10-27/h3-6,16,18,25H,7-15H2,1-2H3. The van der Waals surface area contributed by atoms with Crippen LogP contribution in [0.25, 0.3) is 0 Å². The highest BCUT2D eigenvalue weighted by Gasteiger charge is 2.31. The molecule has 0 saturated carbocycles. The molecule has 0 bridgehead atoms. The molecule has 6 nitrogen and oxygen atoms in total. The maximum absolute atomic E-state index is 13.3. The number of benzene rings is 1. The van der Waals surface area contributed by atoms with E-state index in [4.69, 9.17) is 21.4 Å². The van der Waals surface area contributed by atoms with Crippen LogP contribution in [0.3, 0.4) is 0 Å². The smallest absolute Gasteiger partial charge is 0.274 e. The fourth-order valence-electron chi connectivity index (χ4n) is 4.34. The topological polar surface area (TPSA) is 59.4 Å². The molecule has 1 aliphatic heterocycles. The molecule has 7 heteroatoms. The molecule has 1 aromatic carbocycles. The zero-order chi connectivity index (χ0) is 21.1. The summed E-state index contributed by atoms with van der Waals surface area (Å²) in [6.07, 6.45) is 2.79. The van der Waals surface area contributed by atoms with E-state index < -0.39 is 0 Å². The van der Waals surface area contributed by atoms with Gasteiger partial charge in [-0.2, -0.15) is 5.10 Å². The number of nitrogens with one attached hydrogen (secondary N) is 1. The first-order valence-electron chi connectivity index (χ1n) is 10.9. The Kier molecular flexibility index (Phi) is 6.76. The summed E-state index contributed by atoms with van der Waals surface area (Å²) in [5.74, 6) is 0.528. The molecule has 1 atom stereocenters. The Labute approximate surface area is 183 Å². The van der Waals surface area contributed by atoms with Crippen molar-refractivity contribution in [3.05, 3.63) is 51.8 Å². The summed E-state index contributed by atoms with van der Waals surface area (Å²) in [6, 6.07) is 8.24. The molecule has 162 valence electrons. The second-order valence-corrected chi connectivity index (χ2v) is 9.07. The molecule has 2 aliphatic rings. The van der Waals surface area contributed by atoms with Crippen molar-refractivity contribution in [1.29, 1.82) is 0 Å². The molecule has 1 N–H and O–H groups in total. The number of hydrogen-bond donors (Lipinski definition) is 1. The zero-order valence-corrected chi connectivity index (χ0v) is 18.6. The Balaban J connectivity index is 1.53. The van der Waals surface area contributed by atoms with Crippen molar-refractivity contribution >= 4 is 17.5 Å². The lowest BCUT2D eigenvalue weighted by molar-refractivity contribution is 0.0297. The van der Waals surface area contributed by atoms with Crippen molar-refractivity contribution in [3.63, 3.8) is 0 Å². The molecule has 1 fully saturated rings. The van der Waals surface area contributed by atoms with Gasteiger partial charge in [0.05, 0.1) is 13.2 Å². The molecule has 30 heavy (non-hydrogen) atoms. The van der Waals surface area contributed by atoms with Crippen molar-refractivity contribution in [2.75, 3.05) is 26.3 Å². The van der Waals surface area contributed by atoms with Crippen LogP contribution >= 0.6 is 11.6 Å². The molecule has 1 aliphatic carbocycles. The number of carbonyl (C=O) groups is 1. The second-order valence-electron chi connectivity index (χ2n) is 8.67. The molecule has 0 radical (unpaired) electrons. The Bertz CT molecular complexity index is 889. The van der Waals surface area contributed by atoms with Crippen LogP contribution in [0.5, 0.6) is 0 Å². The van der Waals surface area contributed by atoms with E-state index in [1.165, 1.54) is 5.69 Å². The maximum Gasteiger partial charge on any atom is 0.274 e. The van der Waals surface area contributed by atoms with E-state index in [1.54, 1.807) is 0 Å². The van der Waals surface area contributed by atoms with Gasteiger partial charge in [-0.15, -0.1) is 0 Å². The predicted octanol–water partition coefficient (Wildman–Crippen LogP) is 3.31. The molecule has 1 aromatic heterocycles. The number of aromatic nitrogens is 2. The van der Waals surface area contributed by atoms with Gasteiger partial charge < -0.3 is 15.0 Å². The third kappa shape index (κ3) is 4.71. The molecular weight excluding hydrogens is 400 g/mol. The normalized spacial score (nSPS) is 19.2. The highest BCUT2D eigenvalue weighted by Crippen LogP contribution is 2.27. The molecule has 2 heterocycles. The summed E-state index contributed by atoms with van der Waals surface area (Å²) >= 11 is 6.31. The van der Waals surface area contributed by atoms with Crippen molar-refractivity contribution in [2.45, 2.75) is 52.2 Å². The first-order chi connectivity index (χ1) is 14.5. The van der Waals surface area contributed by atoms with Crippen molar-refractivity contribution in [1.82, 2.24) is 20.0 Å². The van der Waals surface area contributed by atoms with E-state index in [-0.39, 0.29) is 5.91 Å². The Morgan fingerprint density at radius 2 is 2.07 bits per heavy atom. The number of amides is 1. The quantitative estimate of drug-likeness (QED) is 0.763. The van der Waals surface area contributed by atoms with Gasteiger partial charge in [-0.1, -0.05) is 43.6 Å². The Morgan fingerprint density at radius 1 is 1.30 bits per heavy atom. The summed E-state index contributed by atoms with van der Waals surface area (Å²) in [7, 11) is 0. The number of carbonyl (C=O) groups excluding carboxylic acids is 1. The van der Waals surface area contributed by atoms with Crippen LogP contribution in [0.15, 0.2) is 24.3 Å². The Morgan fingerprint density at radius 3 is 2.80 bits per heavy atom. The second kappa shape index (κ2) is 9.50. The van der Waals surface area contributed by atoms with Crippen molar-refractivity contribution < 1.29 is 9.53 Å². The average molecular weight is 431 g/mol. The highest BCUT2D eigenvalue weighted by molar-refractivity contribution is 6.31. The zero-order valence-electron chi connectivity index (χ0n) is 17.9. The summed E-state index contributed by atoms with van der Waals surface area (Å²) in [5, 5.41) is 9.25. The number of nitrogens with zero attached hydrogens (tertiary/aromatic N) is 3. The molecule has 1 amide bonds. The number of fused-ring (bicyclic) bond motifs is 1. The van der Waals surface area contributed by atoms with Crippen LogP contribution in [0.4, 0.5) is 0 Å². The summed E-state index contributed by atoms with van der Waals surface area (Å²) in [5.41, 5.74) is 4.09. The maximum atomic E-state index is 13.3. The third-order valence-corrected chi connectivity index (χ3v) is 6.29. The van der Waals surface area contributed by atoms with Gasteiger partial charge in [-0.25, -0.2) is 0 Å². The first kappa shape index (κ1) is 21.3. The van der Waals surface area contributed by atoms with Crippen LogP contribution in [0.1, 0.15) is 47.6 Å². The van der Waals surface area contributed by atoms with Crippen LogP contribution in [-0.2, 0) is 30.7 Å². The molecule has 0 spiro atoms. The molecule has 2 aromatic rings. The minimum Gasteiger partial charge on any atom is -0.378 e. The van der Waals surface area contributed by atoms with Crippen LogP contribution < -0.4 is 5.32 Å². The SMILES string of the molecule is CC(C)Cn1nc(C(=O)N2CCOCC2)c2c1CCC(NCc1ccccc1Cl)C2. The van der Waals surface area contributed by atoms with E-state index in [0.717, 1.165) is 48.5 Å².